The van der Waals surface area contributed by atoms with Crippen molar-refractivity contribution in [3.63, 3.8) is 0 Å². The van der Waals surface area contributed by atoms with Crippen LogP contribution in [0.1, 0.15) is 31.2 Å². The first-order valence-electron chi connectivity index (χ1n) is 9.07. The number of anilines is 1. The highest BCUT2D eigenvalue weighted by Crippen LogP contribution is 2.28. The summed E-state index contributed by atoms with van der Waals surface area (Å²) in [4.78, 5) is 27.4. The molecule has 2 aliphatic rings. The average molecular weight is 345 g/mol. The molecule has 6 nitrogen and oxygen atoms in total. The van der Waals surface area contributed by atoms with Crippen LogP contribution in [0.4, 0.5) is 5.69 Å². The lowest BCUT2D eigenvalue weighted by Gasteiger charge is -2.30. The van der Waals surface area contributed by atoms with Crippen LogP contribution in [0.2, 0.25) is 0 Å². The molecule has 25 heavy (non-hydrogen) atoms. The summed E-state index contributed by atoms with van der Waals surface area (Å²) in [5.41, 5.74) is 1.71. The van der Waals surface area contributed by atoms with Crippen LogP contribution in [-0.2, 0) is 9.59 Å². The van der Waals surface area contributed by atoms with Crippen molar-refractivity contribution in [3.05, 3.63) is 23.8 Å². The van der Waals surface area contributed by atoms with Crippen LogP contribution < -0.4 is 15.4 Å². The number of amides is 2. The second kappa shape index (κ2) is 7.87. The van der Waals surface area contributed by atoms with Gasteiger partial charge in [0, 0.05) is 12.5 Å². The van der Waals surface area contributed by atoms with Gasteiger partial charge in [-0.05, 0) is 63.4 Å². The number of benzene rings is 1. The minimum absolute atomic E-state index is 0.0446. The molecule has 1 aromatic carbocycles. The Bertz CT molecular complexity index is 641. The van der Waals surface area contributed by atoms with Crippen molar-refractivity contribution in [3.8, 4) is 5.75 Å². The van der Waals surface area contributed by atoms with Crippen LogP contribution in [0.25, 0.3) is 0 Å². The van der Waals surface area contributed by atoms with Gasteiger partial charge in [0.1, 0.15) is 11.8 Å². The third-order valence-corrected chi connectivity index (χ3v) is 5.14. The molecule has 2 amide bonds. The first kappa shape index (κ1) is 17.7. The molecule has 1 unspecified atom stereocenters. The first-order chi connectivity index (χ1) is 12.1. The van der Waals surface area contributed by atoms with E-state index in [-0.39, 0.29) is 23.8 Å². The van der Waals surface area contributed by atoms with Crippen molar-refractivity contribution >= 4 is 17.5 Å². The third-order valence-electron chi connectivity index (χ3n) is 5.14. The van der Waals surface area contributed by atoms with E-state index in [1.54, 1.807) is 12.0 Å². The smallest absolute Gasteiger partial charge is 0.247 e. The number of likely N-dealkylation sites (tertiary alicyclic amines) is 1. The summed E-state index contributed by atoms with van der Waals surface area (Å²) in [5, 5.41) is 6.24. The number of aryl methyl sites for hydroxylation is 1. The lowest BCUT2D eigenvalue weighted by atomic mass is 9.96. The van der Waals surface area contributed by atoms with Crippen LogP contribution >= 0.6 is 0 Å². The van der Waals surface area contributed by atoms with E-state index < -0.39 is 0 Å². The second-order valence-corrected chi connectivity index (χ2v) is 6.91. The van der Waals surface area contributed by atoms with E-state index in [0.717, 1.165) is 44.3 Å². The van der Waals surface area contributed by atoms with E-state index in [2.05, 4.69) is 10.6 Å². The van der Waals surface area contributed by atoms with Gasteiger partial charge >= 0.3 is 0 Å². The molecule has 1 aromatic rings. The molecule has 3 rings (SSSR count). The fourth-order valence-corrected chi connectivity index (χ4v) is 3.74. The van der Waals surface area contributed by atoms with Crippen LogP contribution in [0.5, 0.6) is 5.75 Å². The summed E-state index contributed by atoms with van der Waals surface area (Å²) >= 11 is 0. The Morgan fingerprint density at radius 2 is 2.00 bits per heavy atom. The van der Waals surface area contributed by atoms with Gasteiger partial charge in [0.25, 0.3) is 0 Å². The van der Waals surface area contributed by atoms with Crippen molar-refractivity contribution in [2.75, 3.05) is 32.1 Å². The Balaban J connectivity index is 1.70. The summed E-state index contributed by atoms with van der Waals surface area (Å²) in [6.07, 6.45) is 3.31. The van der Waals surface area contributed by atoms with Crippen molar-refractivity contribution in [2.24, 2.45) is 5.92 Å². The molecule has 2 aliphatic heterocycles. The SMILES string of the molecule is COc1ccc(C)cc1NC(=O)C1CCCN1C(=O)C1CCNCC1. The minimum Gasteiger partial charge on any atom is -0.495 e. The normalized spacial score (nSPS) is 21.2. The van der Waals surface area contributed by atoms with Gasteiger partial charge in [-0.2, -0.15) is 0 Å². The summed E-state index contributed by atoms with van der Waals surface area (Å²) in [6, 6.07) is 5.30. The molecule has 1 atom stereocenters. The zero-order valence-corrected chi connectivity index (χ0v) is 15.0. The van der Waals surface area contributed by atoms with E-state index in [9.17, 15) is 9.59 Å². The summed E-state index contributed by atoms with van der Waals surface area (Å²) in [7, 11) is 1.59. The Kier molecular flexibility index (Phi) is 5.58. The van der Waals surface area contributed by atoms with E-state index >= 15 is 0 Å². The van der Waals surface area contributed by atoms with Crippen molar-refractivity contribution in [1.29, 1.82) is 0 Å². The highest BCUT2D eigenvalue weighted by Gasteiger charge is 2.37. The molecule has 0 saturated carbocycles. The van der Waals surface area contributed by atoms with Gasteiger partial charge in [-0.3, -0.25) is 9.59 Å². The molecule has 2 saturated heterocycles. The highest BCUT2D eigenvalue weighted by atomic mass is 16.5. The maximum absolute atomic E-state index is 12.8. The number of hydrogen-bond acceptors (Lipinski definition) is 4. The number of rotatable bonds is 4. The fraction of sp³-hybridized carbons (Fsp3) is 0.579. The standard InChI is InChI=1S/C19H27N3O3/c1-13-5-6-17(25-2)15(12-13)21-18(23)16-4-3-11-22(16)19(24)14-7-9-20-10-8-14/h5-6,12,14,16,20H,3-4,7-11H2,1-2H3,(H,21,23). The van der Waals surface area contributed by atoms with Crippen LogP contribution in [0.15, 0.2) is 18.2 Å². The van der Waals surface area contributed by atoms with Gasteiger partial charge in [-0.15, -0.1) is 0 Å². The van der Waals surface area contributed by atoms with E-state index in [4.69, 9.17) is 4.74 Å². The molecule has 6 heteroatoms. The second-order valence-electron chi connectivity index (χ2n) is 6.91. The van der Waals surface area contributed by atoms with E-state index in [1.807, 2.05) is 25.1 Å². The Morgan fingerprint density at radius 3 is 2.72 bits per heavy atom. The van der Waals surface area contributed by atoms with Gasteiger partial charge in [0.15, 0.2) is 0 Å². The van der Waals surface area contributed by atoms with Crippen molar-refractivity contribution < 1.29 is 14.3 Å². The largest absolute Gasteiger partial charge is 0.495 e. The number of methoxy groups -OCH3 is 1. The molecule has 2 heterocycles. The predicted molar refractivity (Wildman–Crippen MR) is 96.7 cm³/mol. The molecular formula is C19H27N3O3. The molecule has 136 valence electrons. The van der Waals surface area contributed by atoms with E-state index in [0.29, 0.717) is 18.0 Å². The molecular weight excluding hydrogens is 318 g/mol. The van der Waals surface area contributed by atoms with Gasteiger partial charge in [0.2, 0.25) is 11.8 Å². The number of ether oxygens (including phenoxy) is 1. The highest BCUT2D eigenvalue weighted by molar-refractivity contribution is 5.98. The molecule has 2 fully saturated rings. The van der Waals surface area contributed by atoms with Gasteiger partial charge in [-0.1, -0.05) is 6.07 Å². The molecule has 0 radical (unpaired) electrons. The van der Waals surface area contributed by atoms with Gasteiger partial charge < -0.3 is 20.3 Å². The molecule has 0 bridgehead atoms. The van der Waals surface area contributed by atoms with Crippen molar-refractivity contribution in [2.45, 2.75) is 38.6 Å². The topological polar surface area (TPSA) is 70.7 Å². The molecule has 0 aromatic heterocycles. The van der Waals surface area contributed by atoms with Crippen LogP contribution in [-0.4, -0.2) is 49.5 Å². The molecule has 0 spiro atoms. The number of carbonyl (C=O) groups excluding carboxylic acids is 2. The molecule has 2 N–H and O–H groups in total. The maximum atomic E-state index is 12.8. The minimum atomic E-state index is -0.382. The summed E-state index contributed by atoms with van der Waals surface area (Å²) < 4.78 is 5.33. The predicted octanol–water partition coefficient (Wildman–Crippen LogP) is 1.93. The van der Waals surface area contributed by atoms with E-state index in [1.165, 1.54) is 0 Å². The summed E-state index contributed by atoms with van der Waals surface area (Å²) in [5.74, 6) is 0.690. The number of nitrogens with one attached hydrogen (secondary N) is 2. The lowest BCUT2D eigenvalue weighted by Crippen LogP contribution is -2.47. The van der Waals surface area contributed by atoms with Crippen LogP contribution in [0.3, 0.4) is 0 Å². The zero-order valence-electron chi connectivity index (χ0n) is 15.0. The Labute approximate surface area is 148 Å². The first-order valence-corrected chi connectivity index (χ1v) is 9.07. The monoisotopic (exact) mass is 345 g/mol. The third kappa shape index (κ3) is 3.95. The summed E-state index contributed by atoms with van der Waals surface area (Å²) in [6.45, 7) is 4.40. The fourth-order valence-electron chi connectivity index (χ4n) is 3.74. The number of carbonyl (C=O) groups is 2. The number of nitrogens with zero attached hydrogens (tertiary/aromatic N) is 1. The molecule has 0 aliphatic carbocycles. The average Bonchev–Trinajstić information content (AvgIpc) is 3.12. The van der Waals surface area contributed by atoms with Gasteiger partial charge in [-0.25, -0.2) is 0 Å². The number of piperidine rings is 1. The Morgan fingerprint density at radius 1 is 1.24 bits per heavy atom. The lowest BCUT2D eigenvalue weighted by molar-refractivity contribution is -0.140. The van der Waals surface area contributed by atoms with Crippen molar-refractivity contribution in [1.82, 2.24) is 10.2 Å². The van der Waals surface area contributed by atoms with Gasteiger partial charge in [0.05, 0.1) is 12.8 Å². The Hall–Kier alpha value is -2.08. The quantitative estimate of drug-likeness (QED) is 0.875. The number of hydrogen-bond donors (Lipinski definition) is 2. The zero-order chi connectivity index (χ0) is 17.8. The maximum Gasteiger partial charge on any atom is 0.247 e. The van der Waals surface area contributed by atoms with Crippen LogP contribution in [0, 0.1) is 12.8 Å².